The van der Waals surface area contributed by atoms with E-state index in [0.717, 1.165) is 6.42 Å². The van der Waals surface area contributed by atoms with Gasteiger partial charge in [-0.05, 0) is 37.1 Å². The molecule has 2 N–H and O–H groups in total. The largest absolute Gasteiger partial charge is 0.343 e. The summed E-state index contributed by atoms with van der Waals surface area (Å²) in [6, 6.07) is 17.1. The minimum absolute atomic E-state index is 0.674. The highest BCUT2D eigenvalue weighted by atomic mass is 15.0. The Bertz CT molecular complexity index is 753. The third-order valence-corrected chi connectivity index (χ3v) is 4.01. The van der Waals surface area contributed by atoms with Gasteiger partial charge in [0.05, 0.1) is 5.69 Å². The van der Waals surface area contributed by atoms with E-state index >= 15 is 0 Å². The number of hydrogen-bond acceptors (Lipinski definition) is 1. The molecule has 0 aliphatic carbocycles. The van der Waals surface area contributed by atoms with Crippen LogP contribution < -0.4 is 5.73 Å². The number of benzene rings is 2. The quantitative estimate of drug-likeness (QED) is 0.769. The number of fused-ring (bicyclic) bond motifs is 1. The third-order valence-electron chi connectivity index (χ3n) is 4.01. The molecule has 0 saturated heterocycles. The molecule has 0 aliphatic heterocycles. The van der Waals surface area contributed by atoms with Crippen LogP contribution in [0.15, 0.2) is 48.5 Å². The molecule has 0 saturated carbocycles. The molecule has 0 bridgehead atoms. The Balaban J connectivity index is 2.37. The molecular weight excluding hydrogens is 244 g/mol. The number of rotatable bonds is 3. The van der Waals surface area contributed by atoms with Gasteiger partial charge in [0.25, 0.3) is 0 Å². The van der Waals surface area contributed by atoms with Gasteiger partial charge in [-0.3, -0.25) is 0 Å². The predicted octanol–water partition coefficient (Wildman–Crippen LogP) is 3.65. The molecule has 1 heterocycles. The van der Waals surface area contributed by atoms with Crippen molar-refractivity contribution < 1.29 is 0 Å². The molecule has 0 unspecified atom stereocenters. The fraction of sp³-hybridized carbons (Fsp3) is 0.222. The normalized spacial score (nSPS) is 11.2. The highest BCUT2D eigenvalue weighted by Crippen LogP contribution is 2.34. The summed E-state index contributed by atoms with van der Waals surface area (Å²) in [6.07, 6.45) is 0.908. The van der Waals surface area contributed by atoms with Gasteiger partial charge < -0.3 is 10.3 Å². The lowest BCUT2D eigenvalue weighted by Gasteiger charge is -2.10. The van der Waals surface area contributed by atoms with E-state index in [1.54, 1.807) is 0 Å². The van der Waals surface area contributed by atoms with E-state index in [0.29, 0.717) is 6.54 Å². The first-order chi connectivity index (χ1) is 9.74. The number of nitrogens with two attached hydrogens (primary N) is 1. The smallest absolute Gasteiger partial charge is 0.0524 e. The predicted molar refractivity (Wildman–Crippen MR) is 85.9 cm³/mol. The molecule has 0 radical (unpaired) electrons. The topological polar surface area (TPSA) is 30.9 Å². The maximum atomic E-state index is 5.84. The molecule has 2 aromatic carbocycles. The van der Waals surface area contributed by atoms with Gasteiger partial charge in [-0.2, -0.15) is 0 Å². The number of nitrogens with zero attached hydrogens (tertiary/aromatic N) is 1. The minimum atomic E-state index is 0.674. The van der Waals surface area contributed by atoms with E-state index in [1.165, 1.54) is 33.3 Å². The Morgan fingerprint density at radius 1 is 1.00 bits per heavy atom. The van der Waals surface area contributed by atoms with Gasteiger partial charge in [0.2, 0.25) is 0 Å². The highest BCUT2D eigenvalue weighted by molar-refractivity contribution is 5.92. The molecular formula is C18H20N2. The summed E-state index contributed by atoms with van der Waals surface area (Å²) in [5.41, 5.74) is 12.4. The molecule has 102 valence electrons. The molecule has 3 aromatic rings. The van der Waals surface area contributed by atoms with Crippen molar-refractivity contribution in [2.45, 2.75) is 13.3 Å². The molecule has 3 rings (SSSR count). The Kier molecular flexibility index (Phi) is 3.33. The Morgan fingerprint density at radius 2 is 1.70 bits per heavy atom. The van der Waals surface area contributed by atoms with Crippen molar-refractivity contribution in [1.82, 2.24) is 4.57 Å². The van der Waals surface area contributed by atoms with Crippen LogP contribution in [0.2, 0.25) is 0 Å². The first-order valence-corrected chi connectivity index (χ1v) is 7.06. The molecule has 20 heavy (non-hydrogen) atoms. The number of hydrogen-bond donors (Lipinski definition) is 1. The molecule has 1 aromatic heterocycles. The summed E-state index contributed by atoms with van der Waals surface area (Å²) in [6.45, 7) is 2.84. The van der Waals surface area contributed by atoms with Gasteiger partial charge in [0.15, 0.2) is 0 Å². The average Bonchev–Trinajstić information content (AvgIpc) is 2.74. The Hall–Kier alpha value is -2.06. The summed E-state index contributed by atoms with van der Waals surface area (Å²) in [5, 5.41) is 1.32. The van der Waals surface area contributed by atoms with E-state index < -0.39 is 0 Å². The monoisotopic (exact) mass is 264 g/mol. The summed E-state index contributed by atoms with van der Waals surface area (Å²) < 4.78 is 2.29. The lowest BCUT2D eigenvalue weighted by molar-refractivity contribution is 0.936. The fourth-order valence-corrected chi connectivity index (χ4v) is 3.05. The van der Waals surface area contributed by atoms with Crippen molar-refractivity contribution in [1.29, 1.82) is 0 Å². The van der Waals surface area contributed by atoms with Gasteiger partial charge in [0.1, 0.15) is 0 Å². The van der Waals surface area contributed by atoms with Gasteiger partial charge in [-0.25, -0.2) is 0 Å². The second-order valence-electron chi connectivity index (χ2n) is 5.26. The van der Waals surface area contributed by atoms with Crippen molar-refractivity contribution in [2.75, 3.05) is 6.54 Å². The van der Waals surface area contributed by atoms with E-state index in [2.05, 4.69) is 67.1 Å². The maximum absolute atomic E-state index is 5.84. The average molecular weight is 264 g/mol. The molecule has 0 atom stereocenters. The van der Waals surface area contributed by atoms with Gasteiger partial charge >= 0.3 is 0 Å². The lowest BCUT2D eigenvalue weighted by atomic mass is 9.99. The molecule has 2 nitrogen and oxygen atoms in total. The van der Waals surface area contributed by atoms with Crippen LogP contribution >= 0.6 is 0 Å². The van der Waals surface area contributed by atoms with Crippen molar-refractivity contribution in [2.24, 2.45) is 12.8 Å². The molecule has 0 spiro atoms. The van der Waals surface area contributed by atoms with Crippen LogP contribution in [0.1, 0.15) is 11.1 Å². The maximum Gasteiger partial charge on any atom is 0.0524 e. The first-order valence-electron chi connectivity index (χ1n) is 7.06. The second kappa shape index (κ2) is 5.14. The van der Waals surface area contributed by atoms with Crippen LogP contribution in [-0.4, -0.2) is 11.1 Å². The summed E-state index contributed by atoms with van der Waals surface area (Å²) >= 11 is 0. The van der Waals surface area contributed by atoms with Crippen LogP contribution in [0.4, 0.5) is 0 Å². The van der Waals surface area contributed by atoms with E-state index in [-0.39, 0.29) is 0 Å². The molecule has 0 fully saturated rings. The summed E-state index contributed by atoms with van der Waals surface area (Å²) in [7, 11) is 2.14. The number of para-hydroxylation sites is 1. The van der Waals surface area contributed by atoms with Gasteiger partial charge in [-0.1, -0.05) is 42.5 Å². The highest BCUT2D eigenvalue weighted by Gasteiger charge is 2.16. The van der Waals surface area contributed by atoms with Crippen LogP contribution in [0.3, 0.4) is 0 Å². The van der Waals surface area contributed by atoms with Gasteiger partial charge in [-0.15, -0.1) is 0 Å². The van der Waals surface area contributed by atoms with E-state index in [1.807, 2.05) is 0 Å². The van der Waals surface area contributed by atoms with E-state index in [9.17, 15) is 0 Å². The van der Waals surface area contributed by atoms with Crippen molar-refractivity contribution in [3.8, 4) is 11.3 Å². The van der Waals surface area contributed by atoms with Crippen LogP contribution in [-0.2, 0) is 13.5 Å². The standard InChI is InChI=1S/C18H20N2/c1-13-7-3-4-8-14(13)18-16(11-12-19)15-9-5-6-10-17(15)20(18)2/h3-10H,11-12,19H2,1-2H3. The van der Waals surface area contributed by atoms with Crippen LogP contribution in [0, 0.1) is 6.92 Å². The Morgan fingerprint density at radius 3 is 2.45 bits per heavy atom. The molecule has 0 aliphatic rings. The lowest BCUT2D eigenvalue weighted by Crippen LogP contribution is -2.04. The SMILES string of the molecule is Cc1ccccc1-c1c(CCN)c2ccccc2n1C. The van der Waals surface area contributed by atoms with Crippen molar-refractivity contribution in [3.05, 3.63) is 59.7 Å². The van der Waals surface area contributed by atoms with E-state index in [4.69, 9.17) is 5.73 Å². The zero-order valence-electron chi connectivity index (χ0n) is 12.1. The zero-order chi connectivity index (χ0) is 14.1. The minimum Gasteiger partial charge on any atom is -0.343 e. The zero-order valence-corrected chi connectivity index (χ0v) is 12.1. The second-order valence-corrected chi connectivity index (χ2v) is 5.26. The van der Waals surface area contributed by atoms with Crippen LogP contribution in [0.5, 0.6) is 0 Å². The van der Waals surface area contributed by atoms with Crippen molar-refractivity contribution >= 4 is 10.9 Å². The first kappa shape index (κ1) is 12.9. The van der Waals surface area contributed by atoms with Gasteiger partial charge in [0, 0.05) is 23.5 Å². The Labute approximate surface area is 119 Å². The third kappa shape index (κ3) is 1.93. The molecule has 0 amide bonds. The summed E-state index contributed by atoms with van der Waals surface area (Å²) in [4.78, 5) is 0. The van der Waals surface area contributed by atoms with Crippen molar-refractivity contribution in [3.63, 3.8) is 0 Å². The summed E-state index contributed by atoms with van der Waals surface area (Å²) in [5.74, 6) is 0. The number of aryl methyl sites for hydroxylation is 2. The number of aromatic nitrogens is 1. The molecule has 2 heteroatoms. The van der Waals surface area contributed by atoms with Crippen LogP contribution in [0.25, 0.3) is 22.2 Å². The fourth-order valence-electron chi connectivity index (χ4n) is 3.05.